The van der Waals surface area contributed by atoms with Gasteiger partial charge in [0.15, 0.2) is 0 Å². The number of rotatable bonds is 4. The third-order valence-electron chi connectivity index (χ3n) is 4.16. The van der Waals surface area contributed by atoms with E-state index in [0.29, 0.717) is 5.92 Å². The van der Waals surface area contributed by atoms with Gasteiger partial charge in [0.25, 0.3) is 0 Å². The Morgan fingerprint density at radius 2 is 2.14 bits per heavy atom. The first kappa shape index (κ1) is 15.6. The van der Waals surface area contributed by atoms with Gasteiger partial charge in [-0.15, -0.1) is 0 Å². The number of hydrogen-bond acceptors (Lipinski definition) is 3. The summed E-state index contributed by atoms with van der Waals surface area (Å²) in [6.45, 7) is 3.65. The maximum Gasteiger partial charge on any atom is 0.246 e. The fraction of sp³-hybridized carbons (Fsp3) is 0.471. The molecular formula is C17H24N2O2. The highest BCUT2D eigenvalue weighted by Crippen LogP contribution is 2.19. The van der Waals surface area contributed by atoms with Crippen molar-refractivity contribution in [2.45, 2.75) is 25.8 Å². The molecule has 1 heterocycles. The minimum Gasteiger partial charge on any atom is -0.497 e. The largest absolute Gasteiger partial charge is 0.497 e. The molecule has 1 aromatic carbocycles. The number of carbonyl (C=O) groups excluding carboxylic acids is 1. The van der Waals surface area contributed by atoms with Gasteiger partial charge in [-0.1, -0.05) is 25.5 Å². The van der Waals surface area contributed by atoms with Crippen molar-refractivity contribution in [1.82, 2.24) is 4.90 Å². The van der Waals surface area contributed by atoms with E-state index in [1.807, 2.05) is 35.2 Å². The van der Waals surface area contributed by atoms with E-state index < -0.39 is 0 Å². The van der Waals surface area contributed by atoms with Gasteiger partial charge in [-0.05, 0) is 36.1 Å². The van der Waals surface area contributed by atoms with Crippen LogP contribution >= 0.6 is 0 Å². The highest BCUT2D eigenvalue weighted by Gasteiger charge is 2.26. The molecule has 1 fully saturated rings. The molecule has 4 nitrogen and oxygen atoms in total. The number of nitrogens with zero attached hydrogens (tertiary/aromatic N) is 1. The average Bonchev–Trinajstić information content (AvgIpc) is 2.53. The van der Waals surface area contributed by atoms with Gasteiger partial charge in [-0.2, -0.15) is 0 Å². The molecule has 0 spiro atoms. The number of nitrogens with two attached hydrogens (primary N) is 1. The Morgan fingerprint density at radius 3 is 2.76 bits per heavy atom. The predicted octanol–water partition coefficient (Wildman–Crippen LogP) is 2.29. The smallest absolute Gasteiger partial charge is 0.246 e. The van der Waals surface area contributed by atoms with Gasteiger partial charge in [0.2, 0.25) is 5.91 Å². The molecule has 2 rings (SSSR count). The maximum atomic E-state index is 12.2. The van der Waals surface area contributed by atoms with Crippen molar-refractivity contribution in [2.75, 3.05) is 20.2 Å². The summed E-state index contributed by atoms with van der Waals surface area (Å²) < 4.78 is 5.11. The van der Waals surface area contributed by atoms with Crippen LogP contribution in [0, 0.1) is 5.92 Å². The van der Waals surface area contributed by atoms with Crippen LogP contribution < -0.4 is 10.5 Å². The number of benzene rings is 1. The molecule has 1 amide bonds. The van der Waals surface area contributed by atoms with E-state index >= 15 is 0 Å². The minimum atomic E-state index is 0.0659. The van der Waals surface area contributed by atoms with Crippen LogP contribution in [-0.2, 0) is 4.79 Å². The first-order chi connectivity index (χ1) is 10.1. The standard InChI is InChI=1S/C17H24N2O2/c1-3-14-12-19(11-10-16(14)18)17(20)9-6-13-4-7-15(21-2)8-5-13/h4-9,14,16H,3,10-12,18H2,1-2H3/b9-6+. The van der Waals surface area contributed by atoms with Crippen molar-refractivity contribution in [3.63, 3.8) is 0 Å². The topological polar surface area (TPSA) is 55.6 Å². The second-order valence-electron chi connectivity index (χ2n) is 5.51. The van der Waals surface area contributed by atoms with E-state index in [-0.39, 0.29) is 11.9 Å². The van der Waals surface area contributed by atoms with Gasteiger partial charge in [0.05, 0.1) is 7.11 Å². The third-order valence-corrected chi connectivity index (χ3v) is 4.16. The second kappa shape index (κ2) is 7.27. The summed E-state index contributed by atoms with van der Waals surface area (Å²) in [6, 6.07) is 7.87. The van der Waals surface area contributed by atoms with Crippen molar-refractivity contribution in [2.24, 2.45) is 11.7 Å². The number of methoxy groups -OCH3 is 1. The van der Waals surface area contributed by atoms with Crippen molar-refractivity contribution in [1.29, 1.82) is 0 Å². The summed E-state index contributed by atoms with van der Waals surface area (Å²) in [6.07, 6.45) is 5.40. The molecule has 1 saturated heterocycles. The average molecular weight is 288 g/mol. The maximum absolute atomic E-state index is 12.2. The molecule has 1 aliphatic rings. The summed E-state index contributed by atoms with van der Waals surface area (Å²) in [5.74, 6) is 1.29. The number of likely N-dealkylation sites (tertiary alicyclic amines) is 1. The Hall–Kier alpha value is -1.81. The van der Waals surface area contributed by atoms with Crippen molar-refractivity contribution >= 4 is 12.0 Å². The molecule has 0 aliphatic carbocycles. The summed E-state index contributed by atoms with van der Waals surface area (Å²) in [4.78, 5) is 14.1. The third kappa shape index (κ3) is 4.08. The highest BCUT2D eigenvalue weighted by molar-refractivity contribution is 5.91. The lowest BCUT2D eigenvalue weighted by atomic mass is 9.90. The van der Waals surface area contributed by atoms with Gasteiger partial charge in [-0.25, -0.2) is 0 Å². The summed E-state index contributed by atoms with van der Waals surface area (Å²) in [7, 11) is 1.64. The monoisotopic (exact) mass is 288 g/mol. The molecule has 1 aliphatic heterocycles. The van der Waals surface area contributed by atoms with Crippen LogP contribution in [0.5, 0.6) is 5.75 Å². The van der Waals surface area contributed by atoms with Gasteiger partial charge < -0.3 is 15.4 Å². The molecule has 0 radical (unpaired) electrons. The van der Waals surface area contributed by atoms with Crippen LogP contribution in [0.1, 0.15) is 25.3 Å². The molecule has 0 saturated carbocycles. The van der Waals surface area contributed by atoms with E-state index in [0.717, 1.165) is 37.2 Å². The van der Waals surface area contributed by atoms with E-state index in [1.54, 1.807) is 13.2 Å². The SMILES string of the molecule is CCC1CN(C(=O)/C=C/c2ccc(OC)cc2)CCC1N. The number of amides is 1. The van der Waals surface area contributed by atoms with Crippen LogP contribution in [0.25, 0.3) is 6.08 Å². The van der Waals surface area contributed by atoms with Crippen molar-refractivity contribution < 1.29 is 9.53 Å². The van der Waals surface area contributed by atoms with Gasteiger partial charge in [-0.3, -0.25) is 4.79 Å². The quantitative estimate of drug-likeness (QED) is 0.865. The first-order valence-electron chi connectivity index (χ1n) is 7.50. The number of piperidine rings is 1. The highest BCUT2D eigenvalue weighted by atomic mass is 16.5. The van der Waals surface area contributed by atoms with Crippen LogP contribution in [0.4, 0.5) is 0 Å². The predicted molar refractivity (Wildman–Crippen MR) is 85.0 cm³/mol. The molecule has 1 aromatic rings. The Bertz CT molecular complexity index is 496. The molecule has 4 heteroatoms. The van der Waals surface area contributed by atoms with Gasteiger partial charge in [0, 0.05) is 25.2 Å². The normalized spacial score (nSPS) is 22.5. The lowest BCUT2D eigenvalue weighted by Crippen LogP contribution is -2.48. The Morgan fingerprint density at radius 1 is 1.43 bits per heavy atom. The lowest BCUT2D eigenvalue weighted by Gasteiger charge is -2.36. The second-order valence-corrected chi connectivity index (χ2v) is 5.51. The molecule has 2 unspecified atom stereocenters. The van der Waals surface area contributed by atoms with E-state index in [1.165, 1.54) is 0 Å². The Balaban J connectivity index is 1.95. The van der Waals surface area contributed by atoms with Crippen molar-refractivity contribution in [3.8, 4) is 5.75 Å². The molecular weight excluding hydrogens is 264 g/mol. The number of carbonyl (C=O) groups is 1. The lowest BCUT2D eigenvalue weighted by molar-refractivity contribution is -0.127. The summed E-state index contributed by atoms with van der Waals surface area (Å²) >= 11 is 0. The van der Waals surface area contributed by atoms with E-state index in [4.69, 9.17) is 10.5 Å². The van der Waals surface area contributed by atoms with Crippen molar-refractivity contribution in [3.05, 3.63) is 35.9 Å². The zero-order chi connectivity index (χ0) is 15.2. The molecule has 0 aromatic heterocycles. The first-order valence-corrected chi connectivity index (χ1v) is 7.50. The zero-order valence-corrected chi connectivity index (χ0v) is 12.8. The summed E-state index contributed by atoms with van der Waals surface area (Å²) in [5, 5.41) is 0. The fourth-order valence-corrected chi connectivity index (χ4v) is 2.67. The molecule has 21 heavy (non-hydrogen) atoms. The van der Waals surface area contributed by atoms with Gasteiger partial charge in [0.1, 0.15) is 5.75 Å². The van der Waals surface area contributed by atoms with E-state index in [9.17, 15) is 4.79 Å². The molecule has 2 N–H and O–H groups in total. The molecule has 2 atom stereocenters. The minimum absolute atomic E-state index is 0.0659. The number of hydrogen-bond donors (Lipinski definition) is 1. The van der Waals surface area contributed by atoms with Crippen LogP contribution in [0.3, 0.4) is 0 Å². The fourth-order valence-electron chi connectivity index (χ4n) is 2.67. The Labute approximate surface area is 126 Å². The van der Waals surface area contributed by atoms with Crippen LogP contribution in [-0.4, -0.2) is 37.0 Å². The van der Waals surface area contributed by atoms with Gasteiger partial charge >= 0.3 is 0 Å². The molecule has 114 valence electrons. The molecule has 0 bridgehead atoms. The van der Waals surface area contributed by atoms with Crippen LogP contribution in [0.15, 0.2) is 30.3 Å². The van der Waals surface area contributed by atoms with Crippen LogP contribution in [0.2, 0.25) is 0 Å². The Kier molecular flexibility index (Phi) is 5.39. The summed E-state index contributed by atoms with van der Waals surface area (Å²) in [5.41, 5.74) is 7.07. The van der Waals surface area contributed by atoms with E-state index in [2.05, 4.69) is 6.92 Å². The number of ether oxygens (including phenoxy) is 1. The zero-order valence-electron chi connectivity index (χ0n) is 12.8.